The Morgan fingerprint density at radius 2 is 0.870 bits per heavy atom. The van der Waals surface area contributed by atoms with Gasteiger partial charge in [-0.2, -0.15) is 15.0 Å². The molecule has 0 aliphatic carbocycles. The molecule has 0 spiro atoms. The van der Waals surface area contributed by atoms with Gasteiger partial charge in [0, 0.05) is 75.0 Å². The molecule has 13 rings (SSSR count). The third-order valence-corrected chi connectivity index (χ3v) is 17.3. The minimum absolute atomic E-state index is 0.0134. The number of nitrogens with two attached hydrogens (primary N) is 2. The number of pyridine rings is 4. The molecule has 115 heavy (non-hydrogen) atoms. The van der Waals surface area contributed by atoms with Crippen molar-refractivity contribution in [3.8, 4) is 0 Å². The van der Waals surface area contributed by atoms with Crippen LogP contribution < -0.4 is 37.4 Å². The quantitative estimate of drug-likeness (QED) is 0.00801. The highest BCUT2D eigenvalue weighted by atomic mass is 79.9. The molecule has 0 fully saturated rings. The molecule has 4 aromatic carbocycles. The number of benzene rings is 4. The minimum atomic E-state index is -2.68. The number of nitrogens with one attached hydrogen (secondary N) is 2. The molecule has 0 saturated carbocycles. The molecular formula is C71H66Br4Cl3F12N21O4. The number of ether oxygens (including phenoxy) is 3. The lowest BCUT2D eigenvalue weighted by Gasteiger charge is -2.27. The molecule has 44 heteroatoms. The van der Waals surface area contributed by atoms with Crippen molar-refractivity contribution in [1.82, 2.24) is 75.0 Å². The minimum Gasteiger partial charge on any atom is -0.328 e. The van der Waals surface area contributed by atoms with E-state index in [9.17, 15) is 52.7 Å². The van der Waals surface area contributed by atoms with Crippen molar-refractivity contribution < 1.29 is 72.1 Å². The third-order valence-electron chi connectivity index (χ3n) is 14.9. The van der Waals surface area contributed by atoms with Crippen molar-refractivity contribution >= 4 is 188 Å². The fourth-order valence-corrected chi connectivity index (χ4v) is 12.7. The maximum absolute atomic E-state index is 14.8. The van der Waals surface area contributed by atoms with Crippen LogP contribution in [0, 0.1) is 30.2 Å². The van der Waals surface area contributed by atoms with Gasteiger partial charge >= 0.3 is 0 Å². The van der Waals surface area contributed by atoms with Crippen molar-refractivity contribution in [3.63, 3.8) is 0 Å². The normalized spacial score (nSPS) is 11.1. The number of rotatable bonds is 22. The van der Waals surface area contributed by atoms with Crippen molar-refractivity contribution in [2.24, 2.45) is 11.7 Å². The molecule has 7 N–H and O–H groups in total. The second-order valence-electron chi connectivity index (χ2n) is 22.7. The fraction of sp³-hybridized carbons (Fsp3) is 0.254. The van der Waals surface area contributed by atoms with Gasteiger partial charge in [0.25, 0.3) is 31.0 Å². The largest absolute Gasteiger partial charge is 0.328 e. The Morgan fingerprint density at radius 3 is 1.29 bits per heavy atom. The van der Waals surface area contributed by atoms with E-state index < -0.39 is 74.6 Å². The number of alkyl halides is 8. The Balaban J connectivity index is 0.000000196. The van der Waals surface area contributed by atoms with Crippen LogP contribution in [0.25, 0.3) is 49.4 Å². The van der Waals surface area contributed by atoms with Gasteiger partial charge in [-0.3, -0.25) is 9.83 Å². The molecule has 612 valence electrons. The number of halogens is 19. The van der Waals surface area contributed by atoms with Crippen LogP contribution in [0.5, 0.6) is 0 Å². The first kappa shape index (κ1) is 93.3. The third kappa shape index (κ3) is 27.1. The fourth-order valence-electron chi connectivity index (χ4n) is 10.5. The molecule has 25 nitrogen and oxygen atoms in total. The monoisotopic (exact) mass is 1930 g/mol. The SMILES string of the molecule is CCOC(C)(OCC)OCC.Cc1nnc2nc(N(CC(F)F)c3ccnc(Br)c3)c3c(F)cccc3n12.FC(F)CCc1ccnc(Br)c1.Fc1cccc2nc(Cl)nc(Cl)c12.Fc1cccc2nc(Cl)nc(N(CC(F)F)c3ccnc(Br)c3)c12.NNO.NNc1nc(N(CC(F)F)c2ccnc(Br)c2)c2c(F)cccc2n1. The lowest BCUT2D eigenvalue weighted by atomic mass is 10.1. The van der Waals surface area contributed by atoms with Gasteiger partial charge in [-0.25, -0.2) is 104 Å². The van der Waals surface area contributed by atoms with Gasteiger partial charge in [-0.15, -0.1) is 15.8 Å². The Labute approximate surface area is 696 Å². The molecule has 0 bridgehead atoms. The second-order valence-corrected chi connectivity index (χ2v) is 27.0. The highest BCUT2D eigenvalue weighted by Crippen LogP contribution is 2.38. The number of hydrogen-bond donors (Lipinski definition) is 5. The second kappa shape index (κ2) is 45.6. The summed E-state index contributed by atoms with van der Waals surface area (Å²) in [5, 5.41) is 15.3. The van der Waals surface area contributed by atoms with Crippen LogP contribution in [0.4, 0.5) is 93.1 Å². The first-order valence-corrected chi connectivity index (χ1v) is 37.7. The van der Waals surface area contributed by atoms with Crippen LogP contribution >= 0.6 is 98.5 Å². The van der Waals surface area contributed by atoms with Gasteiger partial charge in [0.1, 0.15) is 70.1 Å². The number of hydrazine groups is 2. The summed E-state index contributed by atoms with van der Waals surface area (Å²) in [6.45, 7) is 8.96. The Kier molecular flexibility index (Phi) is 37.0. The number of hydrogen-bond acceptors (Lipinski definition) is 24. The molecule has 0 radical (unpaired) electrons. The van der Waals surface area contributed by atoms with E-state index in [1.807, 2.05) is 20.8 Å². The standard InChI is InChI=1S/C17H12BrF3N6.C15H9BrClF3N4.C15H12BrF3N6.C8H8BrF2N.C8H3Cl2FN2.C8H18O3.H4N2O/c1-9-24-25-17-23-16(15-11(19)3-2-4-12(15)27(9)17)26(8-14(20)21)10-5-6-22-13(18)7-10;16-11-6-8(4-5-21-11)24(7-12(19)20)14-13-9(18)2-1-3-10(13)22-15(17)23-14;16-11-6-8(4-5-21-11)25(7-12(18)19)14-13-9(17)2-1-3-10(13)22-15(23-14)24-20;9-7-5-6(3-4-12-7)1-2-8(10)11;9-7-6-4(11)2-1-3-5(6)12-8(10)13-7;1-5-9-8(4,10-6-2)11-7-3;1-2-3/h2-7,14H,8H2,1H3;1-6,12H,7H2;1-6,12H,7,20H2,(H,22,23,24);3-5,8H,1-2H2;1-3H;5-7H2,1-4H3;2-3H,1H2. The zero-order chi connectivity index (χ0) is 84.2. The molecule has 13 aromatic rings. The molecule has 9 heterocycles. The van der Waals surface area contributed by atoms with E-state index in [0.29, 0.717) is 78.6 Å². The van der Waals surface area contributed by atoms with E-state index in [0.717, 1.165) is 5.56 Å². The van der Waals surface area contributed by atoms with Crippen molar-refractivity contribution in [1.29, 1.82) is 0 Å². The summed E-state index contributed by atoms with van der Waals surface area (Å²) >= 11 is 29.9. The maximum atomic E-state index is 14.8. The Bertz CT molecular complexity index is 5320. The molecule has 0 aliphatic rings. The zero-order valence-corrected chi connectivity index (χ0v) is 69.0. The van der Waals surface area contributed by atoms with Crippen molar-refractivity contribution in [3.05, 3.63) is 215 Å². The lowest BCUT2D eigenvalue weighted by molar-refractivity contribution is -0.365. The predicted molar refractivity (Wildman–Crippen MR) is 428 cm³/mol. The van der Waals surface area contributed by atoms with Gasteiger partial charge < -0.3 is 34.1 Å². The summed E-state index contributed by atoms with van der Waals surface area (Å²) in [6, 6.07) is 30.1. The molecule has 9 aromatic heterocycles. The van der Waals surface area contributed by atoms with E-state index in [1.165, 1.54) is 106 Å². The number of nitrogens with zero attached hydrogens (tertiary/aromatic N) is 17. The van der Waals surface area contributed by atoms with Crippen LogP contribution in [0.15, 0.2) is 165 Å². The predicted octanol–water partition coefficient (Wildman–Crippen LogP) is 19.6. The van der Waals surface area contributed by atoms with Crippen LogP contribution in [-0.2, 0) is 20.6 Å². The number of aromatic nitrogens is 14. The van der Waals surface area contributed by atoms with Crippen molar-refractivity contribution in [2.45, 2.75) is 79.1 Å². The average molecular weight is 1930 g/mol. The van der Waals surface area contributed by atoms with Crippen molar-refractivity contribution in [2.75, 3.05) is 59.6 Å². The number of nitrogen functional groups attached to an aromatic ring is 1. The molecule has 0 saturated heterocycles. The van der Waals surface area contributed by atoms with E-state index in [-0.39, 0.29) is 83.9 Å². The first-order valence-electron chi connectivity index (χ1n) is 33.4. The Hall–Kier alpha value is -8.82. The number of fused-ring (bicyclic) bond motifs is 6. The zero-order valence-electron chi connectivity index (χ0n) is 60.4. The highest BCUT2D eigenvalue weighted by molar-refractivity contribution is 9.11. The van der Waals surface area contributed by atoms with Crippen LogP contribution in [0.3, 0.4) is 0 Å². The van der Waals surface area contributed by atoms with Gasteiger partial charge in [-0.05, 0) is 224 Å². The van der Waals surface area contributed by atoms with E-state index >= 15 is 0 Å². The van der Waals surface area contributed by atoms with Gasteiger partial charge in [-0.1, -0.05) is 35.9 Å². The van der Waals surface area contributed by atoms with E-state index in [4.69, 9.17) is 60.1 Å². The van der Waals surface area contributed by atoms with Gasteiger partial charge in [0.05, 0.1) is 63.2 Å². The van der Waals surface area contributed by atoms with Gasteiger partial charge in [0.15, 0.2) is 0 Å². The molecule has 0 atom stereocenters. The van der Waals surface area contributed by atoms with E-state index in [2.05, 4.69) is 140 Å². The van der Waals surface area contributed by atoms with Crippen LogP contribution in [0.2, 0.25) is 15.7 Å². The van der Waals surface area contributed by atoms with Gasteiger partial charge in [0.2, 0.25) is 22.9 Å². The van der Waals surface area contributed by atoms with Crippen LogP contribution in [0.1, 0.15) is 45.5 Å². The highest BCUT2D eigenvalue weighted by Gasteiger charge is 2.28. The molecule has 0 aliphatic heterocycles. The number of aryl methyl sites for hydroxylation is 2. The summed E-state index contributed by atoms with van der Waals surface area (Å²) in [6.07, 6.45) is -3.98. The van der Waals surface area contributed by atoms with Crippen LogP contribution in [-0.4, -0.2) is 146 Å². The smallest absolute Gasteiger partial charge is 0.279 e. The summed E-state index contributed by atoms with van der Waals surface area (Å²) in [5.74, 6) is 7.11. The Morgan fingerprint density at radius 1 is 0.487 bits per heavy atom. The maximum Gasteiger partial charge on any atom is 0.279 e. The average Bonchev–Trinajstić information content (AvgIpc) is 1.67. The first-order chi connectivity index (χ1) is 54.9. The molecule has 0 amide bonds. The molecule has 0 unspecified atom stereocenters. The summed E-state index contributed by atoms with van der Waals surface area (Å²) in [7, 11) is 0. The topological polar surface area (TPSA) is 306 Å². The summed E-state index contributed by atoms with van der Waals surface area (Å²) in [4.78, 5) is 47.4. The summed E-state index contributed by atoms with van der Waals surface area (Å²) < 4.78 is 179. The lowest BCUT2D eigenvalue weighted by Crippen LogP contribution is -2.35. The summed E-state index contributed by atoms with van der Waals surface area (Å²) in [5.41, 5.74) is 6.88. The number of anilines is 7. The van der Waals surface area contributed by atoms with E-state index in [1.54, 1.807) is 79.0 Å². The molecular weight excluding hydrogens is 1860 g/mol.